The van der Waals surface area contributed by atoms with Gasteiger partial charge in [-0.2, -0.15) is 0 Å². The molecule has 2 heterocycles. The fourth-order valence-corrected chi connectivity index (χ4v) is 3.45. The summed E-state index contributed by atoms with van der Waals surface area (Å²) in [6.45, 7) is 3.28. The van der Waals surface area contributed by atoms with Crippen molar-refractivity contribution in [3.05, 3.63) is 22.2 Å². The van der Waals surface area contributed by atoms with Crippen LogP contribution in [0.1, 0.15) is 13.3 Å². The molecule has 92 valence electrons. The van der Waals surface area contributed by atoms with Crippen molar-refractivity contribution in [1.29, 1.82) is 0 Å². The highest BCUT2D eigenvalue weighted by Gasteiger charge is 2.44. The minimum atomic E-state index is -0.295. The van der Waals surface area contributed by atoms with Crippen molar-refractivity contribution in [2.24, 2.45) is 16.6 Å². The van der Waals surface area contributed by atoms with Gasteiger partial charge in [0.1, 0.15) is 12.1 Å². The predicted molar refractivity (Wildman–Crippen MR) is 68.9 cm³/mol. The minimum absolute atomic E-state index is 0.180. The Hall–Kier alpha value is -0.810. The predicted octanol–water partition coefficient (Wildman–Crippen LogP) is 1.71. The number of amidine groups is 1. The zero-order chi connectivity index (χ0) is 12.0. The summed E-state index contributed by atoms with van der Waals surface area (Å²) in [7, 11) is 0. The largest absolute Gasteiger partial charge is 0.463 e. The first-order chi connectivity index (χ1) is 8.08. The first-order valence-corrected chi connectivity index (χ1v) is 6.55. The van der Waals surface area contributed by atoms with Gasteiger partial charge in [-0.15, -0.1) is 0 Å². The van der Waals surface area contributed by atoms with Gasteiger partial charge in [0.15, 0.2) is 0 Å². The molecule has 0 aromatic rings. The molecule has 1 saturated heterocycles. The van der Waals surface area contributed by atoms with Crippen LogP contribution in [0, 0.1) is 5.92 Å². The molecule has 3 rings (SSSR count). The average molecular weight is 299 g/mol. The quantitative estimate of drug-likeness (QED) is 0.741. The van der Waals surface area contributed by atoms with E-state index in [0.29, 0.717) is 19.1 Å². The van der Waals surface area contributed by atoms with Crippen LogP contribution in [-0.2, 0) is 9.47 Å². The Kier molecular flexibility index (Phi) is 2.56. The van der Waals surface area contributed by atoms with E-state index in [0.717, 1.165) is 10.9 Å². The van der Waals surface area contributed by atoms with Crippen molar-refractivity contribution in [3.8, 4) is 0 Å². The molecule has 2 aliphatic heterocycles. The number of allylic oxidation sites excluding steroid dienone is 2. The van der Waals surface area contributed by atoms with Gasteiger partial charge < -0.3 is 15.2 Å². The third-order valence-electron chi connectivity index (χ3n) is 3.49. The molecule has 2 N–H and O–H groups in total. The maximum atomic E-state index is 5.95. The molecule has 3 aliphatic rings. The second kappa shape index (κ2) is 3.85. The second-order valence-corrected chi connectivity index (χ2v) is 5.92. The van der Waals surface area contributed by atoms with Crippen LogP contribution in [0.2, 0.25) is 0 Å². The molecule has 0 aromatic heterocycles. The number of nitrogens with zero attached hydrogens (tertiary/aromatic N) is 1. The first-order valence-electron chi connectivity index (χ1n) is 5.75. The molecule has 4 nitrogen and oxygen atoms in total. The zero-order valence-electron chi connectivity index (χ0n) is 9.65. The van der Waals surface area contributed by atoms with Crippen molar-refractivity contribution in [2.45, 2.75) is 25.0 Å². The topological polar surface area (TPSA) is 56.8 Å². The second-order valence-electron chi connectivity index (χ2n) is 5.00. The third-order valence-corrected chi connectivity index (χ3v) is 3.98. The Bertz CT molecular complexity index is 444. The summed E-state index contributed by atoms with van der Waals surface area (Å²) in [6, 6.07) is 0.283. The van der Waals surface area contributed by atoms with Gasteiger partial charge in [-0.1, -0.05) is 28.9 Å². The van der Waals surface area contributed by atoms with Crippen molar-refractivity contribution in [3.63, 3.8) is 0 Å². The van der Waals surface area contributed by atoms with Crippen LogP contribution >= 0.6 is 15.9 Å². The van der Waals surface area contributed by atoms with E-state index >= 15 is 0 Å². The highest BCUT2D eigenvalue weighted by atomic mass is 79.9. The summed E-state index contributed by atoms with van der Waals surface area (Å²) < 4.78 is 12.3. The normalized spacial score (nSPS) is 40.2. The number of hydrogen-bond donors (Lipinski definition) is 1. The van der Waals surface area contributed by atoms with E-state index in [4.69, 9.17) is 15.2 Å². The first kappa shape index (κ1) is 11.3. The van der Waals surface area contributed by atoms with Gasteiger partial charge in [0.2, 0.25) is 0 Å². The molecule has 0 saturated carbocycles. The van der Waals surface area contributed by atoms with Gasteiger partial charge >= 0.3 is 0 Å². The standard InChI is InChI=1S/C12H15BrN2O2/c1-7-2-9(13)3-8-4-12(5-16-10(7)8)6-17-11(14)15-12/h2-3,7,10H,4-6H2,1H3,(H2,14,15). The molecule has 0 bridgehead atoms. The summed E-state index contributed by atoms with van der Waals surface area (Å²) in [6.07, 6.45) is 5.36. The average Bonchev–Trinajstić information content (AvgIpc) is 2.58. The molecule has 17 heavy (non-hydrogen) atoms. The van der Waals surface area contributed by atoms with Gasteiger partial charge in [0.25, 0.3) is 6.02 Å². The van der Waals surface area contributed by atoms with Gasteiger partial charge in [-0.05, 0) is 11.6 Å². The van der Waals surface area contributed by atoms with E-state index < -0.39 is 0 Å². The molecular formula is C12H15BrN2O2. The van der Waals surface area contributed by atoms with Crippen LogP contribution in [0.3, 0.4) is 0 Å². The van der Waals surface area contributed by atoms with Crippen molar-refractivity contribution in [2.75, 3.05) is 13.2 Å². The number of hydrogen-bond acceptors (Lipinski definition) is 4. The highest BCUT2D eigenvalue weighted by molar-refractivity contribution is 9.11. The summed E-state index contributed by atoms with van der Waals surface area (Å²) in [5.74, 6) is 0.394. The van der Waals surface area contributed by atoms with E-state index in [2.05, 4.69) is 40.0 Å². The molecular weight excluding hydrogens is 284 g/mol. The van der Waals surface area contributed by atoms with Crippen molar-refractivity contribution < 1.29 is 9.47 Å². The maximum absolute atomic E-state index is 5.95. The molecule has 1 spiro atoms. The lowest BCUT2D eigenvalue weighted by molar-refractivity contribution is -0.0150. The van der Waals surface area contributed by atoms with Gasteiger partial charge in [0, 0.05) is 16.8 Å². The number of aliphatic imine (C=N–C) groups is 1. The Morgan fingerprint density at radius 3 is 3.06 bits per heavy atom. The van der Waals surface area contributed by atoms with Gasteiger partial charge in [-0.25, -0.2) is 4.99 Å². The molecule has 0 radical (unpaired) electrons. The molecule has 1 fully saturated rings. The third kappa shape index (κ3) is 1.91. The molecule has 0 aromatic carbocycles. The maximum Gasteiger partial charge on any atom is 0.282 e. The van der Waals surface area contributed by atoms with Crippen LogP contribution in [0.5, 0.6) is 0 Å². The lowest BCUT2D eigenvalue weighted by atomic mass is 9.81. The fraction of sp³-hybridized carbons (Fsp3) is 0.583. The lowest BCUT2D eigenvalue weighted by Gasteiger charge is -2.39. The number of rotatable bonds is 0. The lowest BCUT2D eigenvalue weighted by Crippen LogP contribution is -2.45. The van der Waals surface area contributed by atoms with Crippen LogP contribution < -0.4 is 5.73 Å². The van der Waals surface area contributed by atoms with Crippen molar-refractivity contribution >= 4 is 22.0 Å². The molecule has 1 aliphatic carbocycles. The molecule has 3 unspecified atom stereocenters. The summed E-state index contributed by atoms with van der Waals surface area (Å²) in [5, 5.41) is 0. The van der Waals surface area contributed by atoms with E-state index in [1.807, 2.05) is 0 Å². The van der Waals surface area contributed by atoms with E-state index in [-0.39, 0.29) is 17.7 Å². The number of ether oxygens (including phenoxy) is 2. The van der Waals surface area contributed by atoms with E-state index in [1.165, 1.54) is 5.57 Å². The molecule has 3 atom stereocenters. The smallest absolute Gasteiger partial charge is 0.282 e. The Morgan fingerprint density at radius 1 is 1.53 bits per heavy atom. The van der Waals surface area contributed by atoms with Gasteiger partial charge in [0.05, 0.1) is 12.7 Å². The number of fused-ring (bicyclic) bond motifs is 1. The highest BCUT2D eigenvalue weighted by Crippen LogP contribution is 2.40. The molecule has 5 heteroatoms. The Morgan fingerprint density at radius 2 is 2.35 bits per heavy atom. The summed E-state index contributed by atoms with van der Waals surface area (Å²) >= 11 is 3.54. The minimum Gasteiger partial charge on any atom is -0.463 e. The number of nitrogens with two attached hydrogens (primary N) is 1. The Labute approximate surface area is 109 Å². The van der Waals surface area contributed by atoms with Crippen LogP contribution in [0.15, 0.2) is 27.2 Å². The van der Waals surface area contributed by atoms with Gasteiger partial charge in [-0.3, -0.25) is 0 Å². The van der Waals surface area contributed by atoms with E-state index in [9.17, 15) is 0 Å². The molecule has 0 amide bonds. The van der Waals surface area contributed by atoms with Crippen LogP contribution in [0.4, 0.5) is 0 Å². The van der Waals surface area contributed by atoms with Crippen molar-refractivity contribution in [1.82, 2.24) is 0 Å². The summed E-state index contributed by atoms with van der Waals surface area (Å²) in [5.41, 5.74) is 6.58. The van der Waals surface area contributed by atoms with Crippen LogP contribution in [0.25, 0.3) is 0 Å². The number of halogens is 1. The SMILES string of the molecule is CC1C=C(Br)C=C2CC3(COC(N)=N3)COC21. The van der Waals surface area contributed by atoms with Crippen LogP contribution in [-0.4, -0.2) is 30.9 Å². The zero-order valence-corrected chi connectivity index (χ0v) is 11.2. The monoisotopic (exact) mass is 298 g/mol. The summed E-state index contributed by atoms with van der Waals surface area (Å²) in [4.78, 5) is 4.39. The fourth-order valence-electron chi connectivity index (χ4n) is 2.74. The van der Waals surface area contributed by atoms with E-state index in [1.54, 1.807) is 0 Å². The Balaban J connectivity index is 1.88.